The molecule has 2 aromatic rings. The lowest BCUT2D eigenvalue weighted by molar-refractivity contribution is -0.150. The SMILES string of the molecule is CC(=O)O[C@@H](C)C(=O)Nc1ccccc1C(=O)Nc1cc(C)cc(C)c1. The molecule has 6 nitrogen and oxygen atoms in total. The van der Waals surface area contributed by atoms with Crippen LogP contribution >= 0.6 is 0 Å². The lowest BCUT2D eigenvalue weighted by Crippen LogP contribution is -2.30. The summed E-state index contributed by atoms with van der Waals surface area (Å²) in [6.07, 6.45) is -0.956. The zero-order valence-corrected chi connectivity index (χ0v) is 15.3. The van der Waals surface area contributed by atoms with E-state index in [-0.39, 0.29) is 5.91 Å². The number of aryl methyl sites for hydroxylation is 2. The Bertz CT molecular complexity index is 825. The smallest absolute Gasteiger partial charge is 0.303 e. The van der Waals surface area contributed by atoms with Crippen molar-refractivity contribution in [2.24, 2.45) is 0 Å². The van der Waals surface area contributed by atoms with Crippen LogP contribution in [-0.2, 0) is 14.3 Å². The van der Waals surface area contributed by atoms with Gasteiger partial charge in [-0.15, -0.1) is 0 Å². The van der Waals surface area contributed by atoms with E-state index in [9.17, 15) is 14.4 Å². The molecule has 2 aromatic carbocycles. The number of carbonyl (C=O) groups is 3. The number of para-hydroxylation sites is 1. The van der Waals surface area contributed by atoms with Crippen LogP contribution in [0.25, 0.3) is 0 Å². The Morgan fingerprint density at radius 3 is 2.19 bits per heavy atom. The van der Waals surface area contributed by atoms with Crippen LogP contribution in [0.3, 0.4) is 0 Å². The van der Waals surface area contributed by atoms with Crippen LogP contribution in [0.1, 0.15) is 35.3 Å². The van der Waals surface area contributed by atoms with E-state index < -0.39 is 18.0 Å². The maximum Gasteiger partial charge on any atom is 0.303 e. The van der Waals surface area contributed by atoms with Gasteiger partial charge in [0.15, 0.2) is 6.10 Å². The van der Waals surface area contributed by atoms with E-state index in [1.807, 2.05) is 32.0 Å². The summed E-state index contributed by atoms with van der Waals surface area (Å²) < 4.78 is 4.86. The number of hydrogen-bond acceptors (Lipinski definition) is 4. The van der Waals surface area contributed by atoms with E-state index in [1.165, 1.54) is 13.8 Å². The first-order chi connectivity index (χ1) is 12.3. The molecule has 0 saturated carbocycles. The largest absolute Gasteiger partial charge is 0.453 e. The molecule has 26 heavy (non-hydrogen) atoms. The van der Waals surface area contributed by atoms with Crippen LogP contribution in [0.15, 0.2) is 42.5 Å². The number of ether oxygens (including phenoxy) is 1. The van der Waals surface area contributed by atoms with Gasteiger partial charge in [0.25, 0.3) is 11.8 Å². The van der Waals surface area contributed by atoms with Gasteiger partial charge >= 0.3 is 5.97 Å². The van der Waals surface area contributed by atoms with Gasteiger partial charge in [-0.2, -0.15) is 0 Å². The highest BCUT2D eigenvalue weighted by molar-refractivity contribution is 6.10. The molecular weight excluding hydrogens is 332 g/mol. The molecule has 136 valence electrons. The van der Waals surface area contributed by atoms with Crippen molar-refractivity contribution >= 4 is 29.2 Å². The molecule has 0 aliphatic rings. The molecule has 6 heteroatoms. The van der Waals surface area contributed by atoms with Crippen LogP contribution < -0.4 is 10.6 Å². The van der Waals surface area contributed by atoms with Crippen LogP contribution in [0.2, 0.25) is 0 Å². The number of amides is 2. The quantitative estimate of drug-likeness (QED) is 0.806. The molecule has 0 radical (unpaired) electrons. The van der Waals surface area contributed by atoms with Gasteiger partial charge in [0.05, 0.1) is 11.3 Å². The lowest BCUT2D eigenvalue weighted by atomic mass is 10.1. The normalized spacial score (nSPS) is 11.4. The molecular formula is C20H22N2O4. The number of esters is 1. The predicted molar refractivity (Wildman–Crippen MR) is 100 cm³/mol. The van der Waals surface area contributed by atoms with Gasteiger partial charge in [-0.25, -0.2) is 0 Å². The number of rotatable bonds is 5. The van der Waals surface area contributed by atoms with Crippen LogP contribution in [0.5, 0.6) is 0 Å². The van der Waals surface area contributed by atoms with Crippen molar-refractivity contribution in [1.82, 2.24) is 0 Å². The Labute approximate surface area is 152 Å². The number of benzene rings is 2. The van der Waals surface area contributed by atoms with E-state index in [4.69, 9.17) is 4.74 Å². The third-order valence-corrected chi connectivity index (χ3v) is 3.62. The van der Waals surface area contributed by atoms with Gasteiger partial charge in [0.2, 0.25) is 0 Å². The summed E-state index contributed by atoms with van der Waals surface area (Å²) in [5.41, 5.74) is 3.42. The summed E-state index contributed by atoms with van der Waals surface area (Å²) in [7, 11) is 0. The van der Waals surface area contributed by atoms with Gasteiger partial charge in [-0.3, -0.25) is 14.4 Å². The van der Waals surface area contributed by atoms with Crippen molar-refractivity contribution in [2.45, 2.75) is 33.8 Å². The first-order valence-electron chi connectivity index (χ1n) is 8.23. The molecule has 0 unspecified atom stereocenters. The molecule has 2 N–H and O–H groups in total. The molecule has 0 bridgehead atoms. The molecule has 1 atom stereocenters. The van der Waals surface area contributed by atoms with Crippen molar-refractivity contribution in [3.63, 3.8) is 0 Å². The summed E-state index contributed by atoms with van der Waals surface area (Å²) >= 11 is 0. The third kappa shape index (κ3) is 5.17. The summed E-state index contributed by atoms with van der Waals surface area (Å²) in [5, 5.41) is 5.47. The first kappa shape index (κ1) is 19.2. The average Bonchev–Trinajstić information content (AvgIpc) is 2.53. The van der Waals surface area contributed by atoms with E-state index in [1.54, 1.807) is 24.3 Å². The Morgan fingerprint density at radius 1 is 0.962 bits per heavy atom. The second kappa shape index (κ2) is 8.29. The highest BCUT2D eigenvalue weighted by Gasteiger charge is 2.19. The highest BCUT2D eigenvalue weighted by Crippen LogP contribution is 2.19. The molecule has 0 fully saturated rings. The zero-order valence-electron chi connectivity index (χ0n) is 15.3. The fourth-order valence-electron chi connectivity index (χ4n) is 2.57. The Kier molecular flexibility index (Phi) is 6.11. The van der Waals surface area contributed by atoms with Gasteiger partial charge in [-0.05, 0) is 56.2 Å². The fourth-order valence-corrected chi connectivity index (χ4v) is 2.57. The summed E-state index contributed by atoms with van der Waals surface area (Å²) in [4.78, 5) is 35.8. The van der Waals surface area contributed by atoms with Crippen LogP contribution in [0, 0.1) is 13.8 Å². The monoisotopic (exact) mass is 354 g/mol. The van der Waals surface area contributed by atoms with Gasteiger partial charge < -0.3 is 15.4 Å². The maximum atomic E-state index is 12.6. The number of nitrogens with one attached hydrogen (secondary N) is 2. The summed E-state index contributed by atoms with van der Waals surface area (Å²) in [5.74, 6) is -1.40. The fraction of sp³-hybridized carbons (Fsp3) is 0.250. The summed E-state index contributed by atoms with van der Waals surface area (Å²) in [6.45, 7) is 6.60. The molecule has 2 rings (SSSR count). The van der Waals surface area contributed by atoms with E-state index in [0.717, 1.165) is 11.1 Å². The van der Waals surface area contributed by atoms with Crippen molar-refractivity contribution in [2.75, 3.05) is 10.6 Å². The van der Waals surface area contributed by atoms with E-state index >= 15 is 0 Å². The second-order valence-electron chi connectivity index (χ2n) is 6.12. The minimum Gasteiger partial charge on any atom is -0.453 e. The van der Waals surface area contributed by atoms with Crippen molar-refractivity contribution in [1.29, 1.82) is 0 Å². The minimum absolute atomic E-state index is 0.315. The molecule has 0 aromatic heterocycles. The Hall–Kier alpha value is -3.15. The molecule has 0 spiro atoms. The average molecular weight is 354 g/mol. The topological polar surface area (TPSA) is 84.5 Å². The maximum absolute atomic E-state index is 12.6. The van der Waals surface area contributed by atoms with Gasteiger partial charge in [-0.1, -0.05) is 18.2 Å². The van der Waals surface area contributed by atoms with Crippen molar-refractivity contribution in [3.05, 3.63) is 59.2 Å². The molecule has 2 amide bonds. The van der Waals surface area contributed by atoms with Crippen molar-refractivity contribution < 1.29 is 19.1 Å². The Morgan fingerprint density at radius 2 is 1.58 bits per heavy atom. The van der Waals surface area contributed by atoms with Crippen LogP contribution in [-0.4, -0.2) is 23.9 Å². The van der Waals surface area contributed by atoms with Gasteiger partial charge in [0, 0.05) is 12.6 Å². The summed E-state index contributed by atoms with van der Waals surface area (Å²) in [6, 6.07) is 12.4. The zero-order chi connectivity index (χ0) is 19.3. The predicted octanol–water partition coefficient (Wildman–Crippen LogP) is 3.45. The number of hydrogen-bond donors (Lipinski definition) is 2. The number of carbonyl (C=O) groups excluding carboxylic acids is 3. The first-order valence-corrected chi connectivity index (χ1v) is 8.23. The number of anilines is 2. The molecule has 0 aliphatic carbocycles. The highest BCUT2D eigenvalue weighted by atomic mass is 16.5. The molecule has 0 aliphatic heterocycles. The van der Waals surface area contributed by atoms with Crippen LogP contribution in [0.4, 0.5) is 11.4 Å². The van der Waals surface area contributed by atoms with E-state index in [0.29, 0.717) is 16.9 Å². The molecule has 0 saturated heterocycles. The van der Waals surface area contributed by atoms with E-state index in [2.05, 4.69) is 10.6 Å². The Balaban J connectivity index is 2.18. The van der Waals surface area contributed by atoms with Gasteiger partial charge in [0.1, 0.15) is 0 Å². The van der Waals surface area contributed by atoms with Crippen molar-refractivity contribution in [3.8, 4) is 0 Å². The lowest BCUT2D eigenvalue weighted by Gasteiger charge is -2.15. The molecule has 0 heterocycles. The minimum atomic E-state index is -0.956. The second-order valence-corrected chi connectivity index (χ2v) is 6.12. The standard InChI is InChI=1S/C20H22N2O4/c1-12-9-13(2)11-16(10-12)21-20(25)17-7-5-6-8-18(17)22-19(24)14(3)26-15(4)23/h5-11,14H,1-4H3,(H,21,25)(H,22,24)/t14-/m0/s1. The third-order valence-electron chi connectivity index (χ3n) is 3.62.